The molecule has 3 aromatic rings. The molecule has 1 aromatic carbocycles. The third-order valence-electron chi connectivity index (χ3n) is 4.08. The number of hydrogen-bond donors (Lipinski definition) is 1. The molecule has 0 unspecified atom stereocenters. The van der Waals surface area contributed by atoms with Crippen LogP contribution < -0.4 is 5.32 Å². The predicted octanol–water partition coefficient (Wildman–Crippen LogP) is 1.99. The predicted molar refractivity (Wildman–Crippen MR) is 94.5 cm³/mol. The van der Waals surface area contributed by atoms with E-state index < -0.39 is 23.8 Å². The Morgan fingerprint density at radius 3 is 2.85 bits per heavy atom. The molecule has 9 heteroatoms. The van der Waals surface area contributed by atoms with Gasteiger partial charge in [0.2, 0.25) is 0 Å². The zero-order valence-corrected chi connectivity index (χ0v) is 15.1. The molecule has 0 aliphatic rings. The Bertz CT molecular complexity index is 1020. The van der Waals surface area contributed by atoms with Crippen LogP contribution in [0.1, 0.15) is 23.9 Å². The Morgan fingerprint density at radius 2 is 2.11 bits per heavy atom. The number of rotatable bonds is 5. The first-order valence-electron chi connectivity index (χ1n) is 8.27. The van der Waals surface area contributed by atoms with E-state index in [1.54, 1.807) is 19.9 Å². The van der Waals surface area contributed by atoms with Crippen molar-refractivity contribution in [1.82, 2.24) is 19.6 Å². The van der Waals surface area contributed by atoms with E-state index in [1.807, 2.05) is 0 Å². The van der Waals surface area contributed by atoms with Crippen molar-refractivity contribution in [1.29, 1.82) is 0 Å². The molecule has 0 bridgehead atoms. The van der Waals surface area contributed by atoms with Gasteiger partial charge in [-0.3, -0.25) is 9.59 Å². The molecule has 0 saturated carbocycles. The molecule has 8 nitrogen and oxygen atoms in total. The van der Waals surface area contributed by atoms with Crippen LogP contribution in [0.4, 0.5) is 10.1 Å². The number of anilines is 1. The first-order valence-corrected chi connectivity index (χ1v) is 8.27. The minimum absolute atomic E-state index is 0.0575. The highest BCUT2D eigenvalue weighted by molar-refractivity contribution is 5.95. The average Bonchev–Trinajstić information content (AvgIpc) is 3.07. The van der Waals surface area contributed by atoms with Gasteiger partial charge in [-0.25, -0.2) is 13.9 Å². The van der Waals surface area contributed by atoms with Gasteiger partial charge in [-0.05, 0) is 39.0 Å². The van der Waals surface area contributed by atoms with Gasteiger partial charge in [0.05, 0.1) is 6.42 Å². The molecule has 0 aliphatic carbocycles. The molecule has 1 amide bonds. The van der Waals surface area contributed by atoms with Crippen LogP contribution in [0.3, 0.4) is 0 Å². The summed E-state index contributed by atoms with van der Waals surface area (Å²) in [6.45, 7) is 5.02. The molecule has 0 saturated heterocycles. The van der Waals surface area contributed by atoms with Crippen molar-refractivity contribution in [3.63, 3.8) is 0 Å². The Hall–Kier alpha value is -3.36. The van der Waals surface area contributed by atoms with Gasteiger partial charge >= 0.3 is 5.97 Å². The van der Waals surface area contributed by atoms with Gasteiger partial charge in [-0.1, -0.05) is 6.07 Å². The molecule has 27 heavy (non-hydrogen) atoms. The lowest BCUT2D eigenvalue weighted by Gasteiger charge is -2.15. The number of fused-ring (bicyclic) bond motifs is 1. The summed E-state index contributed by atoms with van der Waals surface area (Å²) in [6, 6.07) is 5.46. The number of carbonyl (C=O) groups excluding carboxylic acids is 2. The van der Waals surface area contributed by atoms with Gasteiger partial charge in [-0.2, -0.15) is 10.1 Å². The van der Waals surface area contributed by atoms with E-state index in [0.717, 1.165) is 5.69 Å². The van der Waals surface area contributed by atoms with Gasteiger partial charge in [0.1, 0.15) is 12.1 Å². The Morgan fingerprint density at radius 1 is 1.33 bits per heavy atom. The van der Waals surface area contributed by atoms with Gasteiger partial charge in [0.15, 0.2) is 6.10 Å². The largest absolute Gasteiger partial charge is 0.452 e. The van der Waals surface area contributed by atoms with Crippen molar-refractivity contribution < 1.29 is 18.7 Å². The molecular weight excluding hydrogens is 353 g/mol. The lowest BCUT2D eigenvalue weighted by Crippen LogP contribution is -2.30. The van der Waals surface area contributed by atoms with Crippen LogP contribution in [0.5, 0.6) is 0 Å². The van der Waals surface area contributed by atoms with Crippen LogP contribution >= 0.6 is 0 Å². The molecule has 2 heterocycles. The molecule has 0 radical (unpaired) electrons. The first kappa shape index (κ1) is 18.4. The molecule has 1 atom stereocenters. The fourth-order valence-electron chi connectivity index (χ4n) is 2.66. The van der Waals surface area contributed by atoms with Gasteiger partial charge in [0, 0.05) is 22.6 Å². The van der Waals surface area contributed by atoms with Crippen molar-refractivity contribution in [2.45, 2.75) is 33.3 Å². The standard InChI is InChI=1S/C18H18FN5O3/c1-10-15(11(2)24-18(22-10)20-9-21-24)8-16(25)27-12(3)17(26)23-14-6-4-5-13(19)7-14/h4-7,9,12H,8H2,1-3H3,(H,23,26)/t12-/m1/s1. The number of nitrogens with zero attached hydrogens (tertiary/aromatic N) is 4. The number of carbonyl (C=O) groups is 2. The van der Waals surface area contributed by atoms with Crippen molar-refractivity contribution in [3.05, 3.63) is 53.4 Å². The Kier molecular flexibility index (Phi) is 5.11. The number of amides is 1. The molecule has 3 rings (SSSR count). The van der Waals surface area contributed by atoms with Crippen LogP contribution in [-0.4, -0.2) is 37.6 Å². The maximum Gasteiger partial charge on any atom is 0.311 e. The highest BCUT2D eigenvalue weighted by Crippen LogP contribution is 2.15. The maximum atomic E-state index is 13.2. The SMILES string of the molecule is Cc1nc2ncnn2c(C)c1CC(=O)O[C@H](C)C(=O)Nc1cccc(F)c1. The topological polar surface area (TPSA) is 98.5 Å². The lowest BCUT2D eigenvalue weighted by atomic mass is 10.1. The number of benzene rings is 1. The second-order valence-corrected chi connectivity index (χ2v) is 6.04. The number of ether oxygens (including phenoxy) is 1. The van der Waals surface area contributed by atoms with Gasteiger partial charge in [0.25, 0.3) is 11.7 Å². The highest BCUT2D eigenvalue weighted by Gasteiger charge is 2.21. The third-order valence-corrected chi connectivity index (χ3v) is 4.08. The molecule has 0 aliphatic heterocycles. The number of hydrogen-bond acceptors (Lipinski definition) is 6. The summed E-state index contributed by atoms with van der Waals surface area (Å²) in [7, 11) is 0. The van der Waals surface area contributed by atoms with E-state index in [-0.39, 0.29) is 12.1 Å². The van der Waals surface area contributed by atoms with E-state index in [2.05, 4.69) is 20.4 Å². The summed E-state index contributed by atoms with van der Waals surface area (Å²) in [6.07, 6.45) is 0.290. The average molecular weight is 371 g/mol. The second-order valence-electron chi connectivity index (χ2n) is 6.04. The quantitative estimate of drug-likeness (QED) is 0.689. The van der Waals surface area contributed by atoms with E-state index in [1.165, 1.54) is 36.0 Å². The molecule has 1 N–H and O–H groups in total. The fourth-order valence-corrected chi connectivity index (χ4v) is 2.66. The van der Waals surface area contributed by atoms with Crippen LogP contribution in [-0.2, 0) is 20.7 Å². The summed E-state index contributed by atoms with van der Waals surface area (Å²) in [5, 5.41) is 6.57. The van der Waals surface area contributed by atoms with Gasteiger partial charge in [-0.15, -0.1) is 0 Å². The summed E-state index contributed by atoms with van der Waals surface area (Å²) in [4.78, 5) is 32.7. The normalized spacial score (nSPS) is 12.0. The minimum Gasteiger partial charge on any atom is -0.452 e. The molecule has 0 fully saturated rings. The first-order chi connectivity index (χ1) is 12.8. The minimum atomic E-state index is -1.04. The molecule has 2 aromatic heterocycles. The summed E-state index contributed by atoms with van der Waals surface area (Å²) < 4.78 is 19.9. The molecule has 140 valence electrons. The number of aryl methyl sites for hydroxylation is 2. The van der Waals surface area contributed by atoms with Crippen molar-refractivity contribution in [2.24, 2.45) is 0 Å². The van der Waals surface area contributed by atoms with Gasteiger partial charge < -0.3 is 10.1 Å². The van der Waals surface area contributed by atoms with Crippen LogP contribution in [0.2, 0.25) is 0 Å². The maximum absolute atomic E-state index is 13.2. The number of nitrogens with one attached hydrogen (secondary N) is 1. The number of halogens is 1. The van der Waals surface area contributed by atoms with E-state index >= 15 is 0 Å². The zero-order valence-electron chi connectivity index (χ0n) is 15.1. The van der Waals surface area contributed by atoms with Crippen LogP contribution in [0, 0.1) is 19.7 Å². The third kappa shape index (κ3) is 4.08. The second kappa shape index (κ2) is 7.48. The Balaban J connectivity index is 1.66. The smallest absolute Gasteiger partial charge is 0.311 e. The summed E-state index contributed by atoms with van der Waals surface area (Å²) in [5.74, 6) is -1.15. The van der Waals surface area contributed by atoms with Crippen LogP contribution in [0.15, 0.2) is 30.6 Å². The van der Waals surface area contributed by atoms with Crippen molar-refractivity contribution in [2.75, 3.05) is 5.32 Å². The highest BCUT2D eigenvalue weighted by atomic mass is 19.1. The van der Waals surface area contributed by atoms with E-state index in [4.69, 9.17) is 4.74 Å². The summed E-state index contributed by atoms with van der Waals surface area (Å²) >= 11 is 0. The molecule has 0 spiro atoms. The zero-order chi connectivity index (χ0) is 19.6. The number of aromatic nitrogens is 4. The van der Waals surface area contributed by atoms with Crippen molar-refractivity contribution in [3.8, 4) is 0 Å². The van der Waals surface area contributed by atoms with Crippen LogP contribution in [0.25, 0.3) is 5.78 Å². The van der Waals surface area contributed by atoms with E-state index in [0.29, 0.717) is 17.0 Å². The fraction of sp³-hybridized carbons (Fsp3) is 0.278. The Labute approximate surface area is 154 Å². The van der Waals surface area contributed by atoms with E-state index in [9.17, 15) is 14.0 Å². The van der Waals surface area contributed by atoms with Crippen molar-refractivity contribution >= 4 is 23.3 Å². The monoisotopic (exact) mass is 371 g/mol. The summed E-state index contributed by atoms with van der Waals surface area (Å²) in [5.41, 5.74) is 2.32. The lowest BCUT2D eigenvalue weighted by molar-refractivity contribution is -0.152. The molecular formula is C18H18FN5O3. The number of esters is 1.